The summed E-state index contributed by atoms with van der Waals surface area (Å²) in [5.74, 6) is 0.609. The number of aromatic nitrogens is 2. The largest absolute Gasteiger partial charge is 0.337 e. The number of nitrogens with zero attached hydrogens (tertiary/aromatic N) is 2. The Morgan fingerprint density at radius 2 is 2.05 bits per heavy atom. The van der Waals surface area contributed by atoms with Gasteiger partial charge in [-0.3, -0.25) is 9.89 Å². The van der Waals surface area contributed by atoms with E-state index in [4.69, 9.17) is 0 Å². The van der Waals surface area contributed by atoms with Crippen molar-refractivity contribution in [2.75, 3.05) is 13.1 Å². The molecule has 1 aromatic carbocycles. The van der Waals surface area contributed by atoms with Crippen LogP contribution in [0.1, 0.15) is 46.9 Å². The van der Waals surface area contributed by atoms with Gasteiger partial charge in [0.2, 0.25) is 0 Å². The van der Waals surface area contributed by atoms with Crippen molar-refractivity contribution in [1.82, 2.24) is 15.1 Å². The molecular weight excluding hydrogens is 262 g/mol. The highest BCUT2D eigenvalue weighted by Gasteiger charge is 2.23. The Labute approximate surface area is 125 Å². The van der Waals surface area contributed by atoms with Crippen LogP contribution in [-0.2, 0) is 0 Å². The summed E-state index contributed by atoms with van der Waals surface area (Å²) in [5, 5.41) is 6.92. The molecule has 4 heteroatoms. The Morgan fingerprint density at radius 3 is 2.76 bits per heavy atom. The fraction of sp³-hybridized carbons (Fsp3) is 0.412. The number of likely N-dealkylation sites (tertiary alicyclic amines) is 1. The summed E-state index contributed by atoms with van der Waals surface area (Å²) < 4.78 is 0. The molecule has 0 saturated carbocycles. The number of nitrogens with one attached hydrogen (secondary N) is 1. The van der Waals surface area contributed by atoms with Crippen LogP contribution in [0, 0.1) is 6.92 Å². The van der Waals surface area contributed by atoms with Crippen LogP contribution in [0.15, 0.2) is 36.4 Å². The number of aromatic amines is 1. The van der Waals surface area contributed by atoms with Gasteiger partial charge in [0.15, 0.2) is 0 Å². The number of amides is 1. The molecule has 1 saturated heterocycles. The van der Waals surface area contributed by atoms with E-state index < -0.39 is 0 Å². The van der Waals surface area contributed by atoms with Gasteiger partial charge in [-0.2, -0.15) is 5.10 Å². The smallest absolute Gasteiger partial charge is 0.274 e. The molecule has 1 fully saturated rings. The van der Waals surface area contributed by atoms with Gasteiger partial charge < -0.3 is 4.90 Å². The summed E-state index contributed by atoms with van der Waals surface area (Å²) in [4.78, 5) is 14.4. The lowest BCUT2D eigenvalue weighted by molar-refractivity contribution is 0.0755. The molecule has 0 unspecified atom stereocenters. The topological polar surface area (TPSA) is 49.0 Å². The standard InChI is InChI=1S/C17H21N3O/c1-13-12-16(19-18-13)17(21)20-10-5-8-15(9-11-20)14-6-3-2-4-7-14/h2-4,6-7,12,15H,5,8-11H2,1H3,(H,18,19)/t15-/m1/s1. The monoisotopic (exact) mass is 283 g/mol. The van der Waals surface area contributed by atoms with Crippen LogP contribution >= 0.6 is 0 Å². The number of carbonyl (C=O) groups excluding carboxylic acids is 1. The fourth-order valence-electron chi connectivity index (χ4n) is 3.05. The van der Waals surface area contributed by atoms with Crippen molar-refractivity contribution in [2.24, 2.45) is 0 Å². The van der Waals surface area contributed by atoms with Crippen molar-refractivity contribution < 1.29 is 4.79 Å². The zero-order valence-corrected chi connectivity index (χ0v) is 12.4. The highest BCUT2D eigenvalue weighted by Crippen LogP contribution is 2.28. The summed E-state index contributed by atoms with van der Waals surface area (Å²) in [5.41, 5.74) is 2.85. The molecule has 2 heterocycles. The van der Waals surface area contributed by atoms with E-state index in [1.54, 1.807) is 0 Å². The minimum Gasteiger partial charge on any atom is -0.337 e. The van der Waals surface area contributed by atoms with Gasteiger partial charge in [-0.1, -0.05) is 30.3 Å². The number of benzene rings is 1. The summed E-state index contributed by atoms with van der Waals surface area (Å²) in [6.45, 7) is 3.55. The molecular formula is C17H21N3O. The minimum atomic E-state index is 0.0491. The Balaban J connectivity index is 1.67. The summed E-state index contributed by atoms with van der Waals surface area (Å²) >= 11 is 0. The van der Waals surface area contributed by atoms with Gasteiger partial charge in [0.25, 0.3) is 5.91 Å². The van der Waals surface area contributed by atoms with E-state index in [-0.39, 0.29) is 5.91 Å². The minimum absolute atomic E-state index is 0.0491. The third kappa shape index (κ3) is 3.15. The number of carbonyl (C=O) groups is 1. The second-order valence-corrected chi connectivity index (χ2v) is 5.77. The Bertz CT molecular complexity index is 606. The molecule has 0 aliphatic carbocycles. The van der Waals surface area contributed by atoms with Crippen molar-refractivity contribution in [2.45, 2.75) is 32.1 Å². The van der Waals surface area contributed by atoms with Gasteiger partial charge in [-0.05, 0) is 43.7 Å². The van der Waals surface area contributed by atoms with E-state index in [2.05, 4.69) is 40.5 Å². The van der Waals surface area contributed by atoms with Crippen molar-refractivity contribution in [3.05, 3.63) is 53.3 Å². The predicted molar refractivity (Wildman–Crippen MR) is 82.3 cm³/mol. The molecule has 1 amide bonds. The number of hydrogen-bond donors (Lipinski definition) is 1. The second kappa shape index (κ2) is 6.12. The van der Waals surface area contributed by atoms with Gasteiger partial charge in [0, 0.05) is 18.8 Å². The van der Waals surface area contributed by atoms with Gasteiger partial charge in [-0.25, -0.2) is 0 Å². The summed E-state index contributed by atoms with van der Waals surface area (Å²) in [6, 6.07) is 12.4. The first-order valence-electron chi connectivity index (χ1n) is 7.60. The highest BCUT2D eigenvalue weighted by atomic mass is 16.2. The quantitative estimate of drug-likeness (QED) is 0.920. The lowest BCUT2D eigenvalue weighted by Crippen LogP contribution is -2.32. The van der Waals surface area contributed by atoms with Gasteiger partial charge in [-0.15, -0.1) is 0 Å². The molecule has 21 heavy (non-hydrogen) atoms. The molecule has 1 atom stereocenters. The molecule has 0 bridgehead atoms. The normalized spacial score (nSPS) is 19.3. The fourth-order valence-corrected chi connectivity index (χ4v) is 3.05. The first kappa shape index (κ1) is 13.9. The van der Waals surface area contributed by atoms with E-state index in [0.29, 0.717) is 11.6 Å². The number of aryl methyl sites for hydroxylation is 1. The van der Waals surface area contributed by atoms with Crippen molar-refractivity contribution in [3.63, 3.8) is 0 Å². The van der Waals surface area contributed by atoms with Gasteiger partial charge in [0.05, 0.1) is 0 Å². The molecule has 0 spiro atoms. The molecule has 3 rings (SSSR count). The van der Waals surface area contributed by atoms with E-state index in [0.717, 1.165) is 38.0 Å². The van der Waals surface area contributed by atoms with Crippen LogP contribution in [0.2, 0.25) is 0 Å². The van der Waals surface area contributed by atoms with Crippen LogP contribution in [0.5, 0.6) is 0 Å². The maximum Gasteiger partial charge on any atom is 0.274 e. The lowest BCUT2D eigenvalue weighted by Gasteiger charge is -2.19. The molecule has 2 aromatic rings. The Hall–Kier alpha value is -2.10. The zero-order valence-electron chi connectivity index (χ0n) is 12.4. The van der Waals surface area contributed by atoms with E-state index in [1.165, 1.54) is 5.56 Å². The van der Waals surface area contributed by atoms with Crippen molar-refractivity contribution >= 4 is 5.91 Å². The summed E-state index contributed by atoms with van der Waals surface area (Å²) in [6.07, 6.45) is 3.22. The number of rotatable bonds is 2. The average Bonchev–Trinajstić information content (AvgIpc) is 2.81. The highest BCUT2D eigenvalue weighted by molar-refractivity contribution is 5.92. The number of H-pyrrole nitrogens is 1. The van der Waals surface area contributed by atoms with Gasteiger partial charge in [0.1, 0.15) is 5.69 Å². The van der Waals surface area contributed by atoms with Crippen molar-refractivity contribution in [3.8, 4) is 0 Å². The molecule has 1 aliphatic rings. The van der Waals surface area contributed by atoms with Crippen LogP contribution in [-0.4, -0.2) is 34.1 Å². The predicted octanol–water partition coefficient (Wildman–Crippen LogP) is 3.13. The van der Waals surface area contributed by atoms with Crippen molar-refractivity contribution in [1.29, 1.82) is 0 Å². The maximum atomic E-state index is 12.5. The number of hydrogen-bond acceptors (Lipinski definition) is 2. The molecule has 110 valence electrons. The molecule has 4 nitrogen and oxygen atoms in total. The molecule has 1 aliphatic heterocycles. The molecule has 0 radical (unpaired) electrons. The maximum absolute atomic E-state index is 12.5. The second-order valence-electron chi connectivity index (χ2n) is 5.77. The van der Waals surface area contributed by atoms with Crippen LogP contribution in [0.4, 0.5) is 0 Å². The SMILES string of the molecule is Cc1cc(C(=O)N2CCC[C@@H](c3ccccc3)CC2)n[nH]1. The van der Waals surface area contributed by atoms with Gasteiger partial charge >= 0.3 is 0 Å². The van der Waals surface area contributed by atoms with Crippen LogP contribution < -0.4 is 0 Å². The Morgan fingerprint density at radius 1 is 1.24 bits per heavy atom. The third-order valence-corrected chi connectivity index (χ3v) is 4.21. The average molecular weight is 283 g/mol. The first-order chi connectivity index (χ1) is 10.2. The zero-order chi connectivity index (χ0) is 14.7. The molecule has 1 aromatic heterocycles. The first-order valence-corrected chi connectivity index (χ1v) is 7.60. The van der Waals surface area contributed by atoms with Crippen LogP contribution in [0.25, 0.3) is 0 Å². The molecule has 1 N–H and O–H groups in total. The van der Waals surface area contributed by atoms with E-state index in [1.807, 2.05) is 17.9 Å². The van der Waals surface area contributed by atoms with E-state index >= 15 is 0 Å². The lowest BCUT2D eigenvalue weighted by atomic mass is 9.92. The van der Waals surface area contributed by atoms with Crippen LogP contribution in [0.3, 0.4) is 0 Å². The third-order valence-electron chi connectivity index (χ3n) is 4.21. The van der Waals surface area contributed by atoms with E-state index in [9.17, 15) is 4.79 Å². The summed E-state index contributed by atoms with van der Waals surface area (Å²) in [7, 11) is 0. The Kier molecular flexibility index (Phi) is 4.04.